The normalized spacial score (nSPS) is 19.1. The number of aryl methyl sites for hydroxylation is 1. The van der Waals surface area contributed by atoms with Gasteiger partial charge in [0, 0.05) is 19.6 Å². The second-order valence-corrected chi connectivity index (χ2v) is 7.22. The number of nitrogens with zero attached hydrogens (tertiary/aromatic N) is 2. The van der Waals surface area contributed by atoms with Gasteiger partial charge in [-0.05, 0) is 41.7 Å². The second-order valence-electron chi connectivity index (χ2n) is 7.22. The third-order valence-electron chi connectivity index (χ3n) is 5.57. The zero-order valence-corrected chi connectivity index (χ0v) is 15.6. The van der Waals surface area contributed by atoms with E-state index in [2.05, 4.69) is 6.07 Å². The minimum atomic E-state index is -0.0982. The first-order valence-electron chi connectivity index (χ1n) is 9.43. The standard InChI is InChI=1S/C22H24N2O3/c1-27-18-7-4-5-16(13-18)14-23-11-12-24(15-21(23)25)22(26)20-10-9-17-6-2-3-8-19(17)20/h2-8,13,20H,9-12,14-15H2,1H3. The van der Waals surface area contributed by atoms with Crippen molar-refractivity contribution in [3.05, 3.63) is 65.2 Å². The zero-order chi connectivity index (χ0) is 18.8. The third kappa shape index (κ3) is 3.54. The van der Waals surface area contributed by atoms with Gasteiger partial charge in [-0.15, -0.1) is 0 Å². The van der Waals surface area contributed by atoms with Crippen LogP contribution in [0.5, 0.6) is 5.75 Å². The molecule has 2 aromatic rings. The number of fused-ring (bicyclic) bond motifs is 1. The van der Waals surface area contributed by atoms with E-state index < -0.39 is 0 Å². The molecule has 0 spiro atoms. The number of hydrogen-bond acceptors (Lipinski definition) is 3. The first kappa shape index (κ1) is 17.6. The van der Waals surface area contributed by atoms with Gasteiger partial charge in [0.1, 0.15) is 5.75 Å². The molecule has 1 aliphatic carbocycles. The van der Waals surface area contributed by atoms with Crippen molar-refractivity contribution >= 4 is 11.8 Å². The highest BCUT2D eigenvalue weighted by molar-refractivity contribution is 5.90. The summed E-state index contributed by atoms with van der Waals surface area (Å²) in [5.41, 5.74) is 3.43. The van der Waals surface area contributed by atoms with Crippen LogP contribution in [0.4, 0.5) is 0 Å². The van der Waals surface area contributed by atoms with Crippen LogP contribution in [0.15, 0.2) is 48.5 Å². The quantitative estimate of drug-likeness (QED) is 0.838. The van der Waals surface area contributed by atoms with E-state index in [9.17, 15) is 9.59 Å². The number of rotatable bonds is 4. The summed E-state index contributed by atoms with van der Waals surface area (Å²) < 4.78 is 5.25. The summed E-state index contributed by atoms with van der Waals surface area (Å²) in [4.78, 5) is 29.2. The summed E-state index contributed by atoms with van der Waals surface area (Å²) in [6, 6.07) is 15.9. The van der Waals surface area contributed by atoms with Crippen LogP contribution in [0.1, 0.15) is 29.0 Å². The number of carbonyl (C=O) groups is 2. The van der Waals surface area contributed by atoms with E-state index in [1.807, 2.05) is 47.4 Å². The fourth-order valence-corrected chi connectivity index (χ4v) is 4.09. The highest BCUT2D eigenvalue weighted by atomic mass is 16.5. The van der Waals surface area contributed by atoms with E-state index in [0.717, 1.165) is 29.7 Å². The summed E-state index contributed by atoms with van der Waals surface area (Å²) in [6.45, 7) is 1.87. The number of benzene rings is 2. The summed E-state index contributed by atoms with van der Waals surface area (Å²) >= 11 is 0. The Labute approximate surface area is 159 Å². The molecule has 0 radical (unpaired) electrons. The number of piperazine rings is 1. The molecule has 1 aliphatic heterocycles. The Kier molecular flexibility index (Phi) is 4.84. The Morgan fingerprint density at radius 1 is 1.15 bits per heavy atom. The lowest BCUT2D eigenvalue weighted by Crippen LogP contribution is -2.52. The fourth-order valence-electron chi connectivity index (χ4n) is 4.09. The first-order chi connectivity index (χ1) is 13.2. The Hall–Kier alpha value is -2.82. The molecule has 0 saturated carbocycles. The molecule has 2 amide bonds. The molecule has 5 nitrogen and oxygen atoms in total. The van der Waals surface area contributed by atoms with Crippen molar-refractivity contribution in [1.29, 1.82) is 0 Å². The van der Waals surface area contributed by atoms with Gasteiger partial charge < -0.3 is 14.5 Å². The van der Waals surface area contributed by atoms with Crippen LogP contribution in [0.2, 0.25) is 0 Å². The molecule has 0 aromatic heterocycles. The van der Waals surface area contributed by atoms with E-state index >= 15 is 0 Å². The fraction of sp³-hybridized carbons (Fsp3) is 0.364. The monoisotopic (exact) mass is 364 g/mol. The van der Waals surface area contributed by atoms with Crippen molar-refractivity contribution in [3.63, 3.8) is 0 Å². The van der Waals surface area contributed by atoms with E-state index in [4.69, 9.17) is 4.74 Å². The third-order valence-corrected chi connectivity index (χ3v) is 5.57. The molecule has 2 aromatic carbocycles. The van der Waals surface area contributed by atoms with Crippen molar-refractivity contribution in [3.8, 4) is 5.75 Å². The number of methoxy groups -OCH3 is 1. The largest absolute Gasteiger partial charge is 0.497 e. The van der Waals surface area contributed by atoms with Gasteiger partial charge in [-0.1, -0.05) is 36.4 Å². The molecular formula is C22H24N2O3. The molecule has 1 heterocycles. The molecule has 1 fully saturated rings. The van der Waals surface area contributed by atoms with Gasteiger partial charge in [0.25, 0.3) is 0 Å². The minimum Gasteiger partial charge on any atom is -0.497 e. The minimum absolute atomic E-state index is 0.00343. The molecule has 140 valence electrons. The Morgan fingerprint density at radius 3 is 2.81 bits per heavy atom. The van der Waals surface area contributed by atoms with Crippen LogP contribution >= 0.6 is 0 Å². The van der Waals surface area contributed by atoms with Gasteiger partial charge in [-0.3, -0.25) is 9.59 Å². The SMILES string of the molecule is COc1cccc(CN2CCN(C(=O)C3CCc4ccccc43)CC2=O)c1. The maximum atomic E-state index is 13.0. The number of hydrogen-bond donors (Lipinski definition) is 0. The molecule has 1 unspecified atom stereocenters. The molecule has 1 saturated heterocycles. The Balaban J connectivity index is 1.40. The van der Waals surface area contributed by atoms with E-state index in [-0.39, 0.29) is 24.3 Å². The van der Waals surface area contributed by atoms with Crippen molar-refractivity contribution < 1.29 is 14.3 Å². The number of carbonyl (C=O) groups excluding carboxylic acids is 2. The molecule has 1 atom stereocenters. The van der Waals surface area contributed by atoms with E-state index in [1.165, 1.54) is 5.56 Å². The van der Waals surface area contributed by atoms with Gasteiger partial charge in [-0.2, -0.15) is 0 Å². The summed E-state index contributed by atoms with van der Waals surface area (Å²) in [5, 5.41) is 0. The number of amides is 2. The summed E-state index contributed by atoms with van der Waals surface area (Å²) in [5.74, 6) is 0.783. The smallest absolute Gasteiger partial charge is 0.242 e. The molecule has 0 bridgehead atoms. The highest BCUT2D eigenvalue weighted by Gasteiger charge is 2.35. The van der Waals surface area contributed by atoms with Crippen LogP contribution < -0.4 is 4.74 Å². The van der Waals surface area contributed by atoms with Crippen LogP contribution in [0.25, 0.3) is 0 Å². The summed E-state index contributed by atoms with van der Waals surface area (Å²) in [7, 11) is 1.63. The van der Waals surface area contributed by atoms with Gasteiger partial charge in [0.05, 0.1) is 19.6 Å². The Morgan fingerprint density at radius 2 is 2.00 bits per heavy atom. The lowest BCUT2D eigenvalue weighted by Gasteiger charge is -2.35. The average molecular weight is 364 g/mol. The van der Waals surface area contributed by atoms with Gasteiger partial charge in [0.2, 0.25) is 11.8 Å². The van der Waals surface area contributed by atoms with Crippen LogP contribution in [0, 0.1) is 0 Å². The van der Waals surface area contributed by atoms with Crippen LogP contribution in [-0.4, -0.2) is 48.4 Å². The predicted octanol–water partition coefficient (Wildman–Crippen LogP) is 2.60. The molecular weight excluding hydrogens is 340 g/mol. The van der Waals surface area contributed by atoms with Gasteiger partial charge >= 0.3 is 0 Å². The highest BCUT2D eigenvalue weighted by Crippen LogP contribution is 2.34. The topological polar surface area (TPSA) is 49.9 Å². The summed E-state index contributed by atoms with van der Waals surface area (Å²) in [6.07, 6.45) is 1.78. The Bertz CT molecular complexity index is 864. The maximum absolute atomic E-state index is 13.0. The van der Waals surface area contributed by atoms with Crippen LogP contribution in [-0.2, 0) is 22.6 Å². The second kappa shape index (κ2) is 7.43. The molecule has 0 N–H and O–H groups in total. The average Bonchev–Trinajstić information content (AvgIpc) is 3.13. The molecule has 4 rings (SSSR count). The zero-order valence-electron chi connectivity index (χ0n) is 15.6. The van der Waals surface area contributed by atoms with E-state index in [0.29, 0.717) is 19.6 Å². The molecule has 5 heteroatoms. The molecule has 27 heavy (non-hydrogen) atoms. The maximum Gasteiger partial charge on any atom is 0.242 e. The number of ether oxygens (including phenoxy) is 1. The molecule has 2 aliphatic rings. The van der Waals surface area contributed by atoms with Gasteiger partial charge in [-0.25, -0.2) is 0 Å². The van der Waals surface area contributed by atoms with E-state index in [1.54, 1.807) is 12.0 Å². The van der Waals surface area contributed by atoms with Crippen molar-refractivity contribution in [1.82, 2.24) is 9.80 Å². The lowest BCUT2D eigenvalue weighted by molar-refractivity contribution is -0.146. The van der Waals surface area contributed by atoms with Crippen molar-refractivity contribution in [2.45, 2.75) is 25.3 Å². The first-order valence-corrected chi connectivity index (χ1v) is 9.43. The van der Waals surface area contributed by atoms with Crippen LogP contribution in [0.3, 0.4) is 0 Å². The van der Waals surface area contributed by atoms with Gasteiger partial charge in [0.15, 0.2) is 0 Å². The van der Waals surface area contributed by atoms with Crippen molar-refractivity contribution in [2.24, 2.45) is 0 Å². The van der Waals surface area contributed by atoms with Crippen molar-refractivity contribution in [2.75, 3.05) is 26.7 Å². The predicted molar refractivity (Wildman–Crippen MR) is 102 cm³/mol. The lowest BCUT2D eigenvalue weighted by atomic mass is 9.99.